The average molecular weight is 272 g/mol. The topological polar surface area (TPSA) is 51.4 Å². The molecule has 7 unspecified atom stereocenters. The molecule has 0 bridgehead atoms. The maximum atomic E-state index is 6.62. The van der Waals surface area contributed by atoms with E-state index in [4.69, 9.17) is 11.6 Å². The maximum Gasteiger partial charge on any atom is 0.104 e. The fourth-order valence-corrected chi connectivity index (χ4v) is 4.88. The summed E-state index contributed by atoms with van der Waals surface area (Å²) in [5.41, 5.74) is 10.2. The smallest absolute Gasteiger partial charge is 0.104 e. The van der Waals surface area contributed by atoms with Crippen molar-refractivity contribution in [3.8, 4) is 0 Å². The Bertz CT molecular complexity index is 340. The lowest BCUT2D eigenvalue weighted by Gasteiger charge is -2.43. The molecule has 4 rings (SSSR count). The molecule has 3 aliphatic heterocycles. The van der Waals surface area contributed by atoms with Gasteiger partial charge in [0.1, 0.15) is 11.7 Å². The van der Waals surface area contributed by atoms with Crippen LogP contribution in [0.5, 0.6) is 0 Å². The predicted octanol–water partition coefficient (Wildman–Crippen LogP) is 0.298. The third kappa shape index (κ3) is 1.58. The summed E-state index contributed by atoms with van der Waals surface area (Å²) in [5.74, 6) is 1.29. The van der Waals surface area contributed by atoms with E-state index in [1.165, 1.54) is 25.7 Å². The van der Waals surface area contributed by atoms with Gasteiger partial charge in [0.2, 0.25) is 0 Å². The minimum atomic E-state index is 0.0519. The number of rotatable bonds is 0. The van der Waals surface area contributed by atoms with Gasteiger partial charge in [0, 0.05) is 18.0 Å². The highest BCUT2D eigenvalue weighted by Crippen LogP contribution is 2.43. The molecule has 4 fully saturated rings. The van der Waals surface area contributed by atoms with Crippen molar-refractivity contribution in [3.05, 3.63) is 0 Å². The van der Waals surface area contributed by atoms with Crippen LogP contribution >= 0.6 is 11.6 Å². The van der Waals surface area contributed by atoms with Gasteiger partial charge in [-0.05, 0) is 25.7 Å². The summed E-state index contributed by atoms with van der Waals surface area (Å²) in [6.45, 7) is 2.14. The van der Waals surface area contributed by atoms with Crippen molar-refractivity contribution in [3.63, 3.8) is 0 Å². The highest BCUT2D eigenvalue weighted by molar-refractivity contribution is 6.20. The first-order valence-corrected chi connectivity index (χ1v) is 7.65. The number of nitrogens with one attached hydrogen (secondary N) is 4. The zero-order chi connectivity index (χ0) is 12.3. The Morgan fingerprint density at radius 3 is 2.89 bits per heavy atom. The molecule has 3 heterocycles. The van der Waals surface area contributed by atoms with Gasteiger partial charge in [-0.15, -0.1) is 11.6 Å². The normalized spacial score (nSPS) is 56.0. The molecule has 4 N–H and O–H groups in total. The first-order chi connectivity index (χ1) is 8.75. The second-order valence-corrected chi connectivity index (χ2v) is 6.64. The molecule has 0 aromatic carbocycles. The van der Waals surface area contributed by atoms with Crippen molar-refractivity contribution in [1.29, 1.82) is 0 Å². The van der Waals surface area contributed by atoms with Crippen LogP contribution in [-0.4, -0.2) is 34.9 Å². The number of hydrogen-bond donors (Lipinski definition) is 4. The second kappa shape index (κ2) is 4.30. The molecule has 0 aromatic rings. The molecule has 0 spiro atoms. The third-order valence-corrected chi connectivity index (χ3v) is 5.63. The summed E-state index contributed by atoms with van der Waals surface area (Å²) < 4.78 is 0. The highest BCUT2D eigenvalue weighted by Gasteiger charge is 2.55. The van der Waals surface area contributed by atoms with E-state index >= 15 is 0 Å². The van der Waals surface area contributed by atoms with Crippen molar-refractivity contribution in [2.45, 2.75) is 62.5 Å². The lowest BCUT2D eigenvalue weighted by Crippen LogP contribution is -2.66. The van der Waals surface area contributed by atoms with Crippen LogP contribution < -0.4 is 21.6 Å². The van der Waals surface area contributed by atoms with Gasteiger partial charge >= 0.3 is 0 Å². The summed E-state index contributed by atoms with van der Waals surface area (Å²) in [7, 11) is 0. The Balaban J connectivity index is 1.62. The molecule has 6 heteroatoms. The minimum Gasteiger partial charge on any atom is -0.308 e. The summed E-state index contributed by atoms with van der Waals surface area (Å²) in [6.07, 6.45) is 5.97. The molecular formula is C12H22ClN5. The van der Waals surface area contributed by atoms with Crippen molar-refractivity contribution in [2.24, 2.45) is 11.8 Å². The number of fused-ring (bicyclic) bond motifs is 5. The highest BCUT2D eigenvalue weighted by atomic mass is 35.5. The fraction of sp³-hybridized carbons (Fsp3) is 1.00. The summed E-state index contributed by atoms with van der Waals surface area (Å²) in [5, 5.41) is 6.07. The molecule has 18 heavy (non-hydrogen) atoms. The van der Waals surface area contributed by atoms with E-state index in [1.54, 1.807) is 0 Å². The Morgan fingerprint density at radius 1 is 1.17 bits per heavy atom. The van der Waals surface area contributed by atoms with Crippen LogP contribution in [0.25, 0.3) is 0 Å². The molecule has 1 saturated carbocycles. The molecular weight excluding hydrogens is 250 g/mol. The SMILES string of the molecule is CC1NNC2C3NC4CCCCC4C3C(Cl)NN12. The molecule has 0 aromatic heterocycles. The van der Waals surface area contributed by atoms with Crippen molar-refractivity contribution in [1.82, 2.24) is 26.6 Å². The number of halogens is 1. The molecule has 0 radical (unpaired) electrons. The monoisotopic (exact) mass is 271 g/mol. The Hall–Kier alpha value is 0.0900. The Labute approximate surface area is 113 Å². The first kappa shape index (κ1) is 11.9. The molecule has 5 nitrogen and oxygen atoms in total. The number of hydrazine groups is 2. The van der Waals surface area contributed by atoms with Crippen molar-refractivity contribution in [2.75, 3.05) is 0 Å². The van der Waals surface area contributed by atoms with Crippen LogP contribution in [0.4, 0.5) is 0 Å². The second-order valence-electron chi connectivity index (χ2n) is 6.17. The van der Waals surface area contributed by atoms with Gasteiger partial charge in [-0.1, -0.05) is 12.8 Å². The first-order valence-electron chi connectivity index (χ1n) is 7.21. The molecule has 1 aliphatic carbocycles. The third-order valence-electron chi connectivity index (χ3n) is 5.24. The summed E-state index contributed by atoms with van der Waals surface area (Å²) in [6, 6.07) is 1.13. The van der Waals surface area contributed by atoms with Crippen LogP contribution in [0.2, 0.25) is 0 Å². The van der Waals surface area contributed by atoms with Gasteiger partial charge in [-0.3, -0.25) is 0 Å². The van der Waals surface area contributed by atoms with E-state index in [0.29, 0.717) is 24.2 Å². The van der Waals surface area contributed by atoms with Crippen LogP contribution in [-0.2, 0) is 0 Å². The number of alkyl halides is 1. The van der Waals surface area contributed by atoms with Gasteiger partial charge < -0.3 is 5.32 Å². The number of hydrogen-bond acceptors (Lipinski definition) is 5. The van der Waals surface area contributed by atoms with Gasteiger partial charge in [-0.2, -0.15) is 0 Å². The van der Waals surface area contributed by atoms with E-state index in [9.17, 15) is 0 Å². The van der Waals surface area contributed by atoms with E-state index < -0.39 is 0 Å². The van der Waals surface area contributed by atoms with Gasteiger partial charge in [0.05, 0.1) is 6.17 Å². The maximum absolute atomic E-state index is 6.62. The zero-order valence-corrected chi connectivity index (χ0v) is 11.5. The van der Waals surface area contributed by atoms with Crippen molar-refractivity contribution >= 4 is 11.6 Å². The largest absolute Gasteiger partial charge is 0.308 e. The lowest BCUT2D eigenvalue weighted by molar-refractivity contribution is 0.0177. The van der Waals surface area contributed by atoms with Crippen LogP contribution in [0.3, 0.4) is 0 Å². The van der Waals surface area contributed by atoms with Crippen LogP contribution in [0.1, 0.15) is 32.6 Å². The quantitative estimate of drug-likeness (QED) is 0.377. The Kier molecular flexibility index (Phi) is 2.84. The summed E-state index contributed by atoms with van der Waals surface area (Å²) >= 11 is 6.62. The van der Waals surface area contributed by atoms with Gasteiger partial charge in [0.15, 0.2) is 0 Å². The van der Waals surface area contributed by atoms with Crippen LogP contribution in [0.15, 0.2) is 0 Å². The Morgan fingerprint density at radius 2 is 2.00 bits per heavy atom. The van der Waals surface area contributed by atoms with Crippen molar-refractivity contribution < 1.29 is 0 Å². The van der Waals surface area contributed by atoms with E-state index in [2.05, 4.69) is 33.5 Å². The van der Waals surface area contributed by atoms with Gasteiger partial charge in [0.25, 0.3) is 0 Å². The minimum absolute atomic E-state index is 0.0519. The standard InChI is InChI=1S/C12H22ClN5/c1-6-15-16-12-10-9(11(13)17-18(6)12)7-4-2-3-5-8(7)14-10/h6-12,14-17H,2-5H2,1H3. The van der Waals surface area contributed by atoms with E-state index in [1.807, 2.05) is 0 Å². The molecule has 7 atom stereocenters. The molecule has 4 aliphatic rings. The molecule has 102 valence electrons. The van der Waals surface area contributed by atoms with E-state index in [0.717, 1.165) is 5.92 Å². The molecule has 3 saturated heterocycles. The lowest BCUT2D eigenvalue weighted by atomic mass is 9.77. The average Bonchev–Trinajstić information content (AvgIpc) is 2.91. The van der Waals surface area contributed by atoms with Crippen LogP contribution in [0, 0.1) is 11.8 Å². The van der Waals surface area contributed by atoms with Gasteiger partial charge in [-0.25, -0.2) is 21.3 Å². The van der Waals surface area contributed by atoms with E-state index in [-0.39, 0.29) is 11.7 Å². The fourth-order valence-electron chi connectivity index (χ4n) is 4.42. The predicted molar refractivity (Wildman–Crippen MR) is 70.3 cm³/mol. The summed E-state index contributed by atoms with van der Waals surface area (Å²) in [4.78, 5) is 0. The zero-order valence-electron chi connectivity index (χ0n) is 10.7. The number of nitrogens with zero attached hydrogens (tertiary/aromatic N) is 1. The molecule has 0 amide bonds.